The molecule has 0 bridgehead atoms. The van der Waals surface area contributed by atoms with Crippen molar-refractivity contribution in [3.05, 3.63) is 21.9 Å². The van der Waals surface area contributed by atoms with Crippen LogP contribution in [-0.4, -0.2) is 11.2 Å². The molecule has 0 radical (unpaired) electrons. The zero-order valence-electron chi connectivity index (χ0n) is 7.16. The van der Waals surface area contributed by atoms with Crippen molar-refractivity contribution in [2.75, 3.05) is 0 Å². The number of hydrogen-bond donors (Lipinski definition) is 0. The Hall–Kier alpha value is -1.19. The molecule has 68 valence electrons. The minimum absolute atomic E-state index is 0.237. The molecule has 0 N–H and O–H groups in total. The fraction of sp³-hybridized carbons (Fsp3) is 0.625. The van der Waals surface area contributed by atoms with Crippen LogP contribution in [0.25, 0.3) is 0 Å². The first kappa shape index (κ1) is 10.8. The first-order chi connectivity index (χ1) is 5.72. The highest BCUT2D eigenvalue weighted by atomic mass is 16.6. The number of carbonyl (C=O) groups is 1. The van der Waals surface area contributed by atoms with Crippen molar-refractivity contribution >= 4 is 6.29 Å². The summed E-state index contributed by atoms with van der Waals surface area (Å²) in [5.74, 6) is 0. The normalized spacial score (nSPS) is 11.2. The van der Waals surface area contributed by atoms with Crippen LogP contribution >= 0.6 is 0 Å². The van der Waals surface area contributed by atoms with Gasteiger partial charge in [0.05, 0.1) is 4.92 Å². The van der Waals surface area contributed by atoms with E-state index in [-0.39, 0.29) is 10.6 Å². The number of hydrogen-bond acceptors (Lipinski definition) is 3. The first-order valence-electron chi connectivity index (χ1n) is 3.99. The highest BCUT2D eigenvalue weighted by molar-refractivity contribution is 5.49. The molecule has 0 aliphatic carbocycles. The van der Waals surface area contributed by atoms with Gasteiger partial charge < -0.3 is 4.79 Å². The zero-order chi connectivity index (χ0) is 9.40. The quantitative estimate of drug-likeness (QED) is 0.265. The van der Waals surface area contributed by atoms with Gasteiger partial charge in [-0.05, 0) is 18.9 Å². The van der Waals surface area contributed by atoms with Gasteiger partial charge >= 0.3 is 0 Å². The van der Waals surface area contributed by atoms with Crippen LogP contribution in [0.2, 0.25) is 0 Å². The van der Waals surface area contributed by atoms with Gasteiger partial charge in [0.15, 0.2) is 0 Å². The van der Waals surface area contributed by atoms with Crippen LogP contribution in [0.15, 0.2) is 11.8 Å². The van der Waals surface area contributed by atoms with Crippen LogP contribution in [0.3, 0.4) is 0 Å². The molecule has 0 amide bonds. The zero-order valence-corrected chi connectivity index (χ0v) is 7.16. The molecule has 0 saturated carbocycles. The molecule has 0 aliphatic heterocycles. The Labute approximate surface area is 71.4 Å². The lowest BCUT2D eigenvalue weighted by Crippen LogP contribution is -1.96. The van der Waals surface area contributed by atoms with Crippen LogP contribution in [-0.2, 0) is 4.79 Å². The van der Waals surface area contributed by atoms with Crippen LogP contribution in [0.4, 0.5) is 0 Å². The van der Waals surface area contributed by atoms with Gasteiger partial charge in [-0.25, -0.2) is 0 Å². The number of unbranched alkanes of at least 4 members (excludes halogenated alkanes) is 2. The van der Waals surface area contributed by atoms with Gasteiger partial charge in [0.2, 0.25) is 5.70 Å². The summed E-state index contributed by atoms with van der Waals surface area (Å²) in [7, 11) is 0. The second-order valence-electron chi connectivity index (χ2n) is 2.40. The average Bonchev–Trinajstić information content (AvgIpc) is 2.04. The summed E-state index contributed by atoms with van der Waals surface area (Å²) in [5, 5.41) is 10.3. The van der Waals surface area contributed by atoms with Crippen molar-refractivity contribution < 1.29 is 9.72 Å². The maximum absolute atomic E-state index is 10.3. The smallest absolute Gasteiger partial charge is 0.242 e. The second kappa shape index (κ2) is 6.52. The van der Waals surface area contributed by atoms with Gasteiger partial charge in [-0.2, -0.15) is 0 Å². The van der Waals surface area contributed by atoms with E-state index in [1.54, 1.807) is 13.0 Å². The number of nitrogens with zero attached hydrogens (tertiary/aromatic N) is 1. The molecule has 0 atom stereocenters. The van der Waals surface area contributed by atoms with E-state index in [1.807, 2.05) is 0 Å². The Bertz CT molecular complexity index is 187. The van der Waals surface area contributed by atoms with Crippen molar-refractivity contribution in [3.8, 4) is 0 Å². The van der Waals surface area contributed by atoms with Crippen molar-refractivity contribution in [2.45, 2.75) is 32.6 Å². The summed E-state index contributed by atoms with van der Waals surface area (Å²) in [5.41, 5.74) is 0.237. The molecule has 0 heterocycles. The molecule has 0 aromatic rings. The van der Waals surface area contributed by atoms with E-state index in [1.165, 1.54) is 0 Å². The Morgan fingerprint density at radius 2 is 2.17 bits per heavy atom. The Balaban J connectivity index is 3.78. The molecule has 4 heteroatoms. The van der Waals surface area contributed by atoms with E-state index in [4.69, 9.17) is 0 Å². The minimum atomic E-state index is -0.374. The number of carbonyl (C=O) groups excluding carboxylic acids is 1. The summed E-state index contributed by atoms with van der Waals surface area (Å²) in [6.45, 7) is 1.74. The first-order valence-corrected chi connectivity index (χ1v) is 3.99. The third-order valence-corrected chi connectivity index (χ3v) is 1.50. The van der Waals surface area contributed by atoms with Crippen molar-refractivity contribution in [3.63, 3.8) is 0 Å². The lowest BCUT2D eigenvalue weighted by molar-refractivity contribution is -0.427. The molecule has 0 spiro atoms. The third-order valence-electron chi connectivity index (χ3n) is 1.50. The van der Waals surface area contributed by atoms with Crippen LogP contribution in [0.1, 0.15) is 32.6 Å². The van der Waals surface area contributed by atoms with Crippen molar-refractivity contribution in [1.82, 2.24) is 0 Å². The molecule has 0 aliphatic rings. The molecule has 0 fully saturated rings. The number of aldehydes is 1. The summed E-state index contributed by atoms with van der Waals surface area (Å²) in [6.07, 6.45) is 4.64. The van der Waals surface area contributed by atoms with Gasteiger partial charge in [-0.15, -0.1) is 0 Å². The summed E-state index contributed by atoms with van der Waals surface area (Å²) < 4.78 is 0. The molecule has 0 aromatic carbocycles. The largest absolute Gasteiger partial charge is 0.303 e. The number of rotatable bonds is 6. The van der Waals surface area contributed by atoms with Crippen molar-refractivity contribution in [1.29, 1.82) is 0 Å². The Kier molecular flexibility index (Phi) is 5.87. The van der Waals surface area contributed by atoms with Gasteiger partial charge in [-0.1, -0.05) is 6.92 Å². The van der Waals surface area contributed by atoms with Crippen LogP contribution in [0, 0.1) is 10.1 Å². The molecule has 4 nitrogen and oxygen atoms in total. The maximum Gasteiger partial charge on any atom is 0.242 e. The number of nitro groups is 1. The molecule has 0 unspecified atom stereocenters. The maximum atomic E-state index is 10.3. The molecule has 12 heavy (non-hydrogen) atoms. The van der Waals surface area contributed by atoms with E-state index in [0.717, 1.165) is 6.29 Å². The van der Waals surface area contributed by atoms with Gasteiger partial charge in [0.25, 0.3) is 0 Å². The minimum Gasteiger partial charge on any atom is -0.303 e. The predicted molar refractivity (Wildman–Crippen MR) is 45.3 cm³/mol. The number of allylic oxidation sites excluding steroid dienone is 2. The van der Waals surface area contributed by atoms with Crippen LogP contribution < -0.4 is 0 Å². The van der Waals surface area contributed by atoms with E-state index in [9.17, 15) is 14.9 Å². The molecule has 0 saturated heterocycles. The van der Waals surface area contributed by atoms with Gasteiger partial charge in [0, 0.05) is 12.8 Å². The topological polar surface area (TPSA) is 60.2 Å². The lowest BCUT2D eigenvalue weighted by Gasteiger charge is -1.92. The Morgan fingerprint density at radius 3 is 2.58 bits per heavy atom. The fourth-order valence-corrected chi connectivity index (χ4v) is 0.818. The van der Waals surface area contributed by atoms with E-state index >= 15 is 0 Å². The fourth-order valence-electron chi connectivity index (χ4n) is 0.818. The highest BCUT2D eigenvalue weighted by Gasteiger charge is 2.04. The van der Waals surface area contributed by atoms with E-state index in [0.29, 0.717) is 25.7 Å². The Morgan fingerprint density at radius 1 is 1.50 bits per heavy atom. The van der Waals surface area contributed by atoms with E-state index in [2.05, 4.69) is 0 Å². The van der Waals surface area contributed by atoms with Gasteiger partial charge in [0.1, 0.15) is 6.29 Å². The SMILES string of the molecule is CC/C(=C\CCCC=O)[N+](=O)[O-]. The highest BCUT2D eigenvalue weighted by Crippen LogP contribution is 2.04. The summed E-state index contributed by atoms with van der Waals surface area (Å²) in [6, 6.07) is 0. The monoisotopic (exact) mass is 171 g/mol. The van der Waals surface area contributed by atoms with Gasteiger partial charge in [-0.3, -0.25) is 10.1 Å². The average molecular weight is 171 g/mol. The van der Waals surface area contributed by atoms with E-state index < -0.39 is 0 Å². The molecule has 0 aromatic heterocycles. The molecular weight excluding hydrogens is 158 g/mol. The summed E-state index contributed by atoms with van der Waals surface area (Å²) in [4.78, 5) is 19.8. The van der Waals surface area contributed by atoms with Crippen molar-refractivity contribution in [2.24, 2.45) is 0 Å². The standard InChI is InChI=1S/C8H13NO3/c1-2-8(9(11)12)6-4-3-5-7-10/h6-7H,2-5H2,1H3/b8-6+. The third kappa shape index (κ3) is 4.60. The summed E-state index contributed by atoms with van der Waals surface area (Å²) >= 11 is 0. The lowest BCUT2D eigenvalue weighted by atomic mass is 10.2. The molecule has 0 rings (SSSR count). The second-order valence-corrected chi connectivity index (χ2v) is 2.40. The molecular formula is C8H13NO3. The van der Waals surface area contributed by atoms with Crippen LogP contribution in [0.5, 0.6) is 0 Å². The predicted octanol–water partition coefficient (Wildman–Crippen LogP) is 1.93.